The van der Waals surface area contributed by atoms with Crippen molar-refractivity contribution in [2.45, 2.75) is 31.2 Å². The Morgan fingerprint density at radius 1 is 1.39 bits per heavy atom. The van der Waals surface area contributed by atoms with Gasteiger partial charge in [-0.15, -0.1) is 0 Å². The number of rotatable bonds is 3. The Hall–Kier alpha value is -1.83. The minimum atomic E-state index is -4.46. The molecule has 4 atom stereocenters. The van der Waals surface area contributed by atoms with Gasteiger partial charge in [-0.05, 0) is 18.9 Å². The van der Waals surface area contributed by atoms with Crippen LogP contribution in [0.25, 0.3) is 0 Å². The Labute approximate surface area is 131 Å². The number of carbonyl (C=O) groups excluding carboxylic acids is 1. The maximum atomic E-state index is 13.3. The third-order valence-electron chi connectivity index (χ3n) is 4.56. The Bertz CT molecular complexity index is 608. The van der Waals surface area contributed by atoms with E-state index in [2.05, 4.69) is 4.98 Å². The van der Waals surface area contributed by atoms with Gasteiger partial charge in [0.25, 0.3) is 0 Å². The molecule has 8 heteroatoms. The fourth-order valence-corrected chi connectivity index (χ4v) is 3.45. The molecule has 0 saturated carbocycles. The molecule has 3 heterocycles. The topological polar surface area (TPSA) is 51.7 Å². The molecule has 2 fully saturated rings. The van der Waals surface area contributed by atoms with Crippen LogP contribution >= 0.6 is 0 Å². The van der Waals surface area contributed by atoms with Gasteiger partial charge in [0.05, 0.1) is 31.2 Å². The molecule has 0 radical (unpaired) electrons. The molecule has 2 saturated heterocycles. The molecule has 0 N–H and O–H groups in total. The van der Waals surface area contributed by atoms with Crippen LogP contribution in [0.4, 0.5) is 19.0 Å². The fraction of sp³-hybridized carbons (Fsp3) is 0.600. The lowest BCUT2D eigenvalue weighted by atomic mass is 9.78. The summed E-state index contributed by atoms with van der Waals surface area (Å²) in [5.74, 6) is -2.86. The fourth-order valence-electron chi connectivity index (χ4n) is 3.45. The summed E-state index contributed by atoms with van der Waals surface area (Å²) in [5.41, 5.74) is 0. The molecule has 2 aliphatic rings. The minimum Gasteiger partial charge on any atom is -0.497 e. The third kappa shape index (κ3) is 2.75. The van der Waals surface area contributed by atoms with Crippen molar-refractivity contribution in [1.82, 2.24) is 4.98 Å². The molecule has 1 aromatic heterocycles. The Balaban J connectivity index is 1.86. The summed E-state index contributed by atoms with van der Waals surface area (Å²) in [6, 6.07) is 3.11. The second-order valence-corrected chi connectivity index (χ2v) is 5.83. The van der Waals surface area contributed by atoms with Crippen molar-refractivity contribution < 1.29 is 27.4 Å². The van der Waals surface area contributed by atoms with Gasteiger partial charge >= 0.3 is 6.18 Å². The number of methoxy groups -OCH3 is 1. The summed E-state index contributed by atoms with van der Waals surface area (Å²) in [5, 5.41) is 0. The first-order valence-electron chi connectivity index (χ1n) is 7.32. The molecular formula is C15H17F3N2O3. The summed E-state index contributed by atoms with van der Waals surface area (Å²) >= 11 is 0. The summed E-state index contributed by atoms with van der Waals surface area (Å²) < 4.78 is 50.4. The van der Waals surface area contributed by atoms with Gasteiger partial charge in [-0.3, -0.25) is 9.69 Å². The Kier molecular flexibility index (Phi) is 3.95. The Morgan fingerprint density at radius 2 is 2.09 bits per heavy atom. The van der Waals surface area contributed by atoms with Crippen LogP contribution < -0.4 is 9.64 Å². The number of halogens is 3. The number of pyridine rings is 1. The number of fused-ring (bicyclic) bond motifs is 2. The molecule has 0 aromatic carbocycles. The van der Waals surface area contributed by atoms with E-state index in [1.165, 1.54) is 26.4 Å². The van der Waals surface area contributed by atoms with Crippen LogP contribution in [0.3, 0.4) is 0 Å². The standard InChI is InChI=1S/C15H17F3N2O3/c1-20(11-7-8(22-2)5-6-19-11)14(21)12-9-3-4-10(23-9)13(12)15(16,17)18/h5-7,9-10,12-13H,3-4H2,1-2H3/t9-,10-,12+,13-/m1/s1. The Morgan fingerprint density at radius 3 is 2.74 bits per heavy atom. The van der Waals surface area contributed by atoms with E-state index in [0.717, 1.165) is 4.90 Å². The molecule has 1 aromatic rings. The van der Waals surface area contributed by atoms with E-state index in [4.69, 9.17) is 9.47 Å². The zero-order valence-electron chi connectivity index (χ0n) is 12.7. The van der Waals surface area contributed by atoms with Crippen molar-refractivity contribution in [3.63, 3.8) is 0 Å². The number of carbonyl (C=O) groups is 1. The molecule has 0 spiro atoms. The molecule has 5 nitrogen and oxygen atoms in total. The van der Waals surface area contributed by atoms with Crippen molar-refractivity contribution in [2.75, 3.05) is 19.1 Å². The first kappa shape index (κ1) is 16.0. The zero-order chi connectivity index (χ0) is 16.8. The van der Waals surface area contributed by atoms with Gasteiger partial charge in [0.1, 0.15) is 11.6 Å². The van der Waals surface area contributed by atoms with Gasteiger partial charge in [-0.1, -0.05) is 0 Å². The van der Waals surface area contributed by atoms with E-state index in [0.29, 0.717) is 18.6 Å². The number of hydrogen-bond acceptors (Lipinski definition) is 4. The summed E-state index contributed by atoms with van der Waals surface area (Å²) in [7, 11) is 2.88. The van der Waals surface area contributed by atoms with Crippen molar-refractivity contribution in [2.24, 2.45) is 11.8 Å². The maximum Gasteiger partial charge on any atom is 0.395 e. The van der Waals surface area contributed by atoms with Gasteiger partial charge in [-0.25, -0.2) is 4.98 Å². The number of aromatic nitrogens is 1. The van der Waals surface area contributed by atoms with Gasteiger partial charge in [-0.2, -0.15) is 13.2 Å². The van der Waals surface area contributed by atoms with Crippen molar-refractivity contribution in [3.8, 4) is 5.75 Å². The number of alkyl halides is 3. The van der Waals surface area contributed by atoms with Crippen LogP contribution in [-0.2, 0) is 9.53 Å². The predicted octanol–water partition coefficient (Wildman–Crippen LogP) is 2.41. The normalized spacial score (nSPS) is 29.6. The van der Waals surface area contributed by atoms with Crippen LogP contribution in [-0.4, -0.2) is 43.4 Å². The zero-order valence-corrected chi connectivity index (χ0v) is 12.7. The SMILES string of the molecule is COc1ccnc(N(C)C(=O)[C@@H]2[C@H](C(F)(F)F)[C@H]3CC[C@H]2O3)c1. The van der Waals surface area contributed by atoms with Crippen LogP contribution in [0.1, 0.15) is 12.8 Å². The highest BCUT2D eigenvalue weighted by atomic mass is 19.4. The number of amides is 1. The lowest BCUT2D eigenvalue weighted by Crippen LogP contribution is -2.47. The second kappa shape index (κ2) is 5.67. The van der Waals surface area contributed by atoms with Gasteiger partial charge in [0.2, 0.25) is 5.91 Å². The molecule has 1 amide bonds. The summed E-state index contributed by atoms with van der Waals surface area (Å²) in [6.45, 7) is 0. The third-order valence-corrected chi connectivity index (χ3v) is 4.56. The van der Waals surface area contributed by atoms with Crippen molar-refractivity contribution >= 4 is 11.7 Å². The van der Waals surface area contributed by atoms with Gasteiger partial charge in [0.15, 0.2) is 0 Å². The van der Waals surface area contributed by atoms with Crippen molar-refractivity contribution in [3.05, 3.63) is 18.3 Å². The number of anilines is 1. The minimum absolute atomic E-state index is 0.248. The lowest BCUT2D eigenvalue weighted by molar-refractivity contribution is -0.196. The summed E-state index contributed by atoms with van der Waals surface area (Å²) in [4.78, 5) is 17.8. The highest BCUT2D eigenvalue weighted by molar-refractivity contribution is 5.94. The van der Waals surface area contributed by atoms with E-state index in [1.807, 2.05) is 0 Å². The molecule has 0 unspecified atom stereocenters. The highest BCUT2D eigenvalue weighted by Gasteiger charge is 2.62. The molecule has 126 valence electrons. The molecule has 0 aliphatic carbocycles. The number of ether oxygens (including phenoxy) is 2. The van der Waals surface area contributed by atoms with E-state index in [9.17, 15) is 18.0 Å². The number of hydrogen-bond donors (Lipinski definition) is 0. The van der Waals surface area contributed by atoms with Crippen LogP contribution in [0.15, 0.2) is 18.3 Å². The quantitative estimate of drug-likeness (QED) is 0.854. The van der Waals surface area contributed by atoms with E-state index < -0.39 is 36.1 Å². The average molecular weight is 330 g/mol. The number of nitrogens with zero attached hydrogens (tertiary/aromatic N) is 2. The first-order chi connectivity index (χ1) is 10.8. The van der Waals surface area contributed by atoms with Crippen LogP contribution in [0.2, 0.25) is 0 Å². The maximum absolute atomic E-state index is 13.3. The van der Waals surface area contributed by atoms with Crippen LogP contribution in [0, 0.1) is 11.8 Å². The van der Waals surface area contributed by atoms with Crippen LogP contribution in [0.5, 0.6) is 5.75 Å². The monoisotopic (exact) mass is 330 g/mol. The largest absolute Gasteiger partial charge is 0.497 e. The average Bonchev–Trinajstić information content (AvgIpc) is 3.13. The predicted molar refractivity (Wildman–Crippen MR) is 75.1 cm³/mol. The first-order valence-corrected chi connectivity index (χ1v) is 7.32. The molecular weight excluding hydrogens is 313 g/mol. The van der Waals surface area contributed by atoms with Gasteiger partial charge < -0.3 is 9.47 Å². The lowest BCUT2D eigenvalue weighted by Gasteiger charge is -2.31. The molecule has 2 bridgehead atoms. The van der Waals surface area contributed by atoms with E-state index in [1.54, 1.807) is 6.07 Å². The van der Waals surface area contributed by atoms with Gasteiger partial charge in [0, 0.05) is 19.3 Å². The smallest absolute Gasteiger partial charge is 0.395 e. The van der Waals surface area contributed by atoms with E-state index in [-0.39, 0.29) is 5.82 Å². The summed E-state index contributed by atoms with van der Waals surface area (Å²) in [6.07, 6.45) is -3.78. The second-order valence-electron chi connectivity index (χ2n) is 5.83. The molecule has 2 aliphatic heterocycles. The molecule has 23 heavy (non-hydrogen) atoms. The molecule has 3 rings (SSSR count). The highest BCUT2D eigenvalue weighted by Crippen LogP contribution is 2.51. The van der Waals surface area contributed by atoms with E-state index >= 15 is 0 Å². The van der Waals surface area contributed by atoms with Crippen molar-refractivity contribution in [1.29, 1.82) is 0 Å².